The van der Waals surface area contributed by atoms with Crippen LogP contribution >= 0.6 is 0 Å². The Balaban J connectivity index is 0.770. The van der Waals surface area contributed by atoms with Crippen molar-refractivity contribution < 1.29 is 0 Å². The van der Waals surface area contributed by atoms with Gasteiger partial charge in [0.25, 0.3) is 0 Å². The topological polar surface area (TPSA) is 9.86 Å². The number of benzene rings is 10. The van der Waals surface area contributed by atoms with Crippen LogP contribution in [0.15, 0.2) is 231 Å². The molecule has 0 fully saturated rings. The smallest absolute Gasteiger partial charge is 0.0541 e. The summed E-state index contributed by atoms with van der Waals surface area (Å²) in [6.07, 6.45) is 4.50. The van der Waals surface area contributed by atoms with Crippen molar-refractivity contribution in [2.45, 2.75) is 19.3 Å². The zero-order valence-electron chi connectivity index (χ0n) is 37.5. The molecule has 1 aliphatic rings. The van der Waals surface area contributed by atoms with Gasteiger partial charge >= 0.3 is 0 Å². The molecule has 0 saturated carbocycles. The van der Waals surface area contributed by atoms with Crippen LogP contribution in [0.4, 0.5) is 0 Å². The summed E-state index contributed by atoms with van der Waals surface area (Å²) in [4.78, 5) is 0. The van der Waals surface area contributed by atoms with E-state index in [0.29, 0.717) is 0 Å². The molecule has 0 amide bonds. The van der Waals surface area contributed by atoms with E-state index in [4.69, 9.17) is 0 Å². The molecule has 2 aromatic heterocycles. The molecule has 2 heterocycles. The quantitative estimate of drug-likeness (QED) is 0.141. The van der Waals surface area contributed by atoms with E-state index in [2.05, 4.69) is 266 Å². The molecule has 1 aliphatic carbocycles. The van der Waals surface area contributed by atoms with E-state index < -0.39 is 0 Å². The lowest BCUT2D eigenvalue weighted by Gasteiger charge is -2.22. The maximum atomic E-state index is 2.44. The Morgan fingerprint density at radius 3 is 1.34 bits per heavy atom. The minimum Gasteiger partial charge on any atom is -0.309 e. The molecule has 2 nitrogen and oxygen atoms in total. The van der Waals surface area contributed by atoms with Crippen molar-refractivity contribution in [3.63, 3.8) is 0 Å². The van der Waals surface area contributed by atoms with Crippen LogP contribution in [0, 0.1) is 0 Å². The molecular weight excluding hydrogens is 809 g/mol. The van der Waals surface area contributed by atoms with Crippen molar-refractivity contribution in [2.24, 2.45) is 0 Å². The Kier molecular flexibility index (Phi) is 8.91. The standard InChI is InChI=1S/C65H46N2/c1-65(2)59-39-44(22-21-43-23-26-47(27-24-43)48-31-37-63-57(40-48)55-17-9-11-19-61(55)66(63)51-15-7-4-8-16-51)25-35-53(59)54-36-30-50(42-60(54)65)49-32-38-64-58(41-49)56-18-10-12-20-62(56)67(64)52-33-28-46(29-34-52)45-13-5-3-6-14-45/h3-42H,1-2H3/b22-21+. The first-order valence-corrected chi connectivity index (χ1v) is 23.3. The van der Waals surface area contributed by atoms with Crippen LogP contribution < -0.4 is 0 Å². The molecule has 67 heavy (non-hydrogen) atoms. The lowest BCUT2D eigenvalue weighted by molar-refractivity contribution is 0.660. The van der Waals surface area contributed by atoms with Crippen molar-refractivity contribution in [3.05, 3.63) is 253 Å². The summed E-state index contributed by atoms with van der Waals surface area (Å²) in [7, 11) is 0. The minimum absolute atomic E-state index is 0.146. The summed E-state index contributed by atoms with van der Waals surface area (Å²) in [6.45, 7) is 4.76. The molecular formula is C65H46N2. The Bertz CT molecular complexity index is 3900. The third kappa shape index (κ3) is 6.40. The van der Waals surface area contributed by atoms with Gasteiger partial charge in [0, 0.05) is 38.3 Å². The van der Waals surface area contributed by atoms with Gasteiger partial charge in [-0.25, -0.2) is 0 Å². The molecule has 316 valence electrons. The fourth-order valence-corrected chi connectivity index (χ4v) is 10.9. The van der Waals surface area contributed by atoms with Gasteiger partial charge in [-0.2, -0.15) is 0 Å². The average Bonchev–Trinajstić information content (AvgIpc) is 3.98. The van der Waals surface area contributed by atoms with E-state index in [-0.39, 0.29) is 5.41 Å². The van der Waals surface area contributed by atoms with E-state index in [0.717, 1.165) is 5.69 Å². The molecule has 0 radical (unpaired) electrons. The third-order valence-corrected chi connectivity index (χ3v) is 14.3. The zero-order valence-corrected chi connectivity index (χ0v) is 37.5. The predicted molar refractivity (Wildman–Crippen MR) is 284 cm³/mol. The second kappa shape index (κ2) is 15.3. The first-order chi connectivity index (χ1) is 33.0. The highest BCUT2D eigenvalue weighted by Crippen LogP contribution is 2.50. The molecule has 0 saturated heterocycles. The monoisotopic (exact) mass is 854 g/mol. The first kappa shape index (κ1) is 39.0. The van der Waals surface area contributed by atoms with Crippen molar-refractivity contribution in [1.29, 1.82) is 0 Å². The molecule has 2 heteroatoms. The lowest BCUT2D eigenvalue weighted by atomic mass is 9.81. The number of para-hydroxylation sites is 3. The van der Waals surface area contributed by atoms with Gasteiger partial charge < -0.3 is 9.13 Å². The fraction of sp³-hybridized carbons (Fsp3) is 0.0462. The van der Waals surface area contributed by atoms with E-state index in [9.17, 15) is 0 Å². The molecule has 12 aromatic rings. The number of rotatable bonds is 7. The first-order valence-electron chi connectivity index (χ1n) is 23.3. The van der Waals surface area contributed by atoms with Gasteiger partial charge in [-0.15, -0.1) is 0 Å². The van der Waals surface area contributed by atoms with Crippen LogP contribution in [-0.2, 0) is 5.41 Å². The van der Waals surface area contributed by atoms with Crippen molar-refractivity contribution in [1.82, 2.24) is 9.13 Å². The summed E-state index contributed by atoms with van der Waals surface area (Å²) in [5, 5.41) is 5.06. The van der Waals surface area contributed by atoms with E-state index >= 15 is 0 Å². The van der Waals surface area contributed by atoms with Gasteiger partial charge in [0.05, 0.1) is 22.1 Å². The summed E-state index contributed by atoms with van der Waals surface area (Å²) in [5.41, 5.74) is 22.2. The third-order valence-electron chi connectivity index (χ3n) is 14.3. The normalized spacial score (nSPS) is 13.0. The Labute approximate surface area is 391 Å². The number of hydrogen-bond acceptors (Lipinski definition) is 0. The number of nitrogens with zero attached hydrogens (tertiary/aromatic N) is 2. The van der Waals surface area contributed by atoms with Gasteiger partial charge in [-0.3, -0.25) is 0 Å². The van der Waals surface area contributed by atoms with Gasteiger partial charge in [-0.1, -0.05) is 190 Å². The molecule has 0 bridgehead atoms. The van der Waals surface area contributed by atoms with E-state index in [1.807, 2.05) is 0 Å². The Morgan fingerprint density at radius 1 is 0.299 bits per heavy atom. The highest BCUT2D eigenvalue weighted by atomic mass is 15.0. The average molecular weight is 855 g/mol. The second-order valence-electron chi connectivity index (χ2n) is 18.6. The predicted octanol–water partition coefficient (Wildman–Crippen LogP) is 17.4. The summed E-state index contributed by atoms with van der Waals surface area (Å²) >= 11 is 0. The number of aromatic nitrogens is 2. The van der Waals surface area contributed by atoms with Crippen molar-refractivity contribution >= 4 is 55.8 Å². The maximum absolute atomic E-state index is 2.44. The highest BCUT2D eigenvalue weighted by molar-refractivity contribution is 6.11. The van der Waals surface area contributed by atoms with Gasteiger partial charge in [0.2, 0.25) is 0 Å². The van der Waals surface area contributed by atoms with Crippen LogP contribution in [0.1, 0.15) is 36.1 Å². The SMILES string of the molecule is CC1(C)c2cc(/C=C/c3ccc(-c4ccc5c(c4)c4ccccc4n5-c4ccccc4)cc3)ccc2-c2ccc(-c3ccc4c(c3)c3ccccc3n4-c3ccc(-c4ccccc4)cc3)cc21. The van der Waals surface area contributed by atoms with Crippen LogP contribution in [0.5, 0.6) is 0 Å². The molecule has 0 atom stereocenters. The highest BCUT2D eigenvalue weighted by Gasteiger charge is 2.35. The zero-order chi connectivity index (χ0) is 44.6. The number of hydrogen-bond donors (Lipinski definition) is 0. The van der Waals surface area contributed by atoms with Gasteiger partial charge in [0.15, 0.2) is 0 Å². The van der Waals surface area contributed by atoms with Crippen LogP contribution in [0.2, 0.25) is 0 Å². The summed E-state index contributed by atoms with van der Waals surface area (Å²) < 4.78 is 4.77. The van der Waals surface area contributed by atoms with Crippen LogP contribution in [-0.4, -0.2) is 9.13 Å². The molecule has 0 aliphatic heterocycles. The largest absolute Gasteiger partial charge is 0.309 e. The summed E-state index contributed by atoms with van der Waals surface area (Å²) in [5.74, 6) is 0. The van der Waals surface area contributed by atoms with Crippen molar-refractivity contribution in [2.75, 3.05) is 0 Å². The fourth-order valence-electron chi connectivity index (χ4n) is 10.9. The lowest BCUT2D eigenvalue weighted by Crippen LogP contribution is -2.15. The van der Waals surface area contributed by atoms with Gasteiger partial charge in [0.1, 0.15) is 0 Å². The minimum atomic E-state index is -0.146. The maximum Gasteiger partial charge on any atom is 0.0541 e. The van der Waals surface area contributed by atoms with Crippen LogP contribution in [0.3, 0.4) is 0 Å². The Morgan fingerprint density at radius 2 is 0.701 bits per heavy atom. The number of fused-ring (bicyclic) bond motifs is 9. The molecule has 0 spiro atoms. The molecule has 13 rings (SSSR count). The van der Waals surface area contributed by atoms with E-state index in [1.54, 1.807) is 0 Å². The Hall–Kier alpha value is -8.46. The van der Waals surface area contributed by atoms with Gasteiger partial charge in [-0.05, 0) is 133 Å². The molecule has 0 N–H and O–H groups in total. The molecule has 0 unspecified atom stereocenters. The van der Waals surface area contributed by atoms with Crippen molar-refractivity contribution in [3.8, 4) is 55.9 Å². The van der Waals surface area contributed by atoms with Crippen LogP contribution in [0.25, 0.3) is 112 Å². The van der Waals surface area contributed by atoms with E-state index in [1.165, 1.54) is 116 Å². The molecule has 10 aromatic carbocycles. The summed E-state index contributed by atoms with van der Waals surface area (Å²) in [6, 6.07) is 84.6. The second-order valence-corrected chi connectivity index (χ2v) is 18.6.